The van der Waals surface area contributed by atoms with Crippen LogP contribution in [0, 0.1) is 0 Å². The largest absolute Gasteiger partial charge is 0.490 e. The molecule has 2 amide bonds. The van der Waals surface area contributed by atoms with E-state index in [9.17, 15) is 9.59 Å². The Labute approximate surface area is 224 Å². The average molecular weight is 625 g/mol. The van der Waals surface area contributed by atoms with E-state index in [2.05, 4.69) is 48.0 Å². The molecule has 0 saturated carbocycles. The van der Waals surface area contributed by atoms with Gasteiger partial charge in [-0.15, -0.1) is 0 Å². The van der Waals surface area contributed by atoms with Gasteiger partial charge in [-0.25, -0.2) is 0 Å². The number of nitrogens with one attached hydrogen (secondary N) is 3. The van der Waals surface area contributed by atoms with Crippen LogP contribution in [0.4, 0.5) is 0 Å². The Morgan fingerprint density at radius 2 is 1.74 bits per heavy atom. The summed E-state index contributed by atoms with van der Waals surface area (Å²) in [5, 5.41) is 4.40. The summed E-state index contributed by atoms with van der Waals surface area (Å²) in [5.41, 5.74) is 5.19. The molecule has 3 rings (SSSR count). The van der Waals surface area contributed by atoms with Crippen molar-refractivity contribution < 1.29 is 23.8 Å². The maximum Gasteiger partial charge on any atom is 0.276 e. The van der Waals surface area contributed by atoms with Crippen LogP contribution in [-0.4, -0.2) is 43.4 Å². The number of rotatable bonds is 9. The van der Waals surface area contributed by atoms with Crippen molar-refractivity contribution in [1.29, 1.82) is 0 Å². The van der Waals surface area contributed by atoms with Crippen LogP contribution in [0.5, 0.6) is 11.5 Å². The Hall–Kier alpha value is -2.73. The van der Waals surface area contributed by atoms with Crippen molar-refractivity contribution in [3.8, 4) is 11.5 Å². The van der Waals surface area contributed by atoms with Crippen molar-refractivity contribution in [3.05, 3.63) is 69.1 Å². The molecule has 0 aliphatic heterocycles. The molecule has 11 heteroatoms. The molecule has 0 aliphatic rings. The normalized spacial score (nSPS) is 10.5. The van der Waals surface area contributed by atoms with Gasteiger partial charge in [0, 0.05) is 11.1 Å². The number of halogens is 2. The van der Waals surface area contributed by atoms with E-state index < -0.39 is 11.8 Å². The van der Waals surface area contributed by atoms with Gasteiger partial charge in [0.1, 0.15) is 18.1 Å². The Morgan fingerprint density at radius 1 is 0.943 bits per heavy atom. The third-order valence-corrected chi connectivity index (χ3v) is 6.12. The first kappa shape index (κ1) is 26.9. The molecule has 0 spiro atoms. The van der Waals surface area contributed by atoms with Gasteiger partial charge in [-0.3, -0.25) is 25.8 Å². The molecule has 0 bridgehead atoms. The highest BCUT2D eigenvalue weighted by atomic mass is 79.9. The van der Waals surface area contributed by atoms with Crippen LogP contribution in [0.2, 0.25) is 0 Å². The molecule has 3 N–H and O–H groups in total. The summed E-state index contributed by atoms with van der Waals surface area (Å²) in [7, 11) is 0. The minimum atomic E-state index is -0.482. The Morgan fingerprint density at radius 3 is 2.54 bits per heavy atom. The molecular formula is C24H23Br2N3O5S. The number of amides is 2. The van der Waals surface area contributed by atoms with Crippen LogP contribution in [0.15, 0.2) is 63.5 Å². The van der Waals surface area contributed by atoms with Crippen LogP contribution in [-0.2, 0) is 9.53 Å². The summed E-state index contributed by atoms with van der Waals surface area (Å²) >= 11 is 12.1. The molecule has 8 nitrogen and oxygen atoms in total. The topological polar surface area (TPSA) is 97.9 Å². The molecule has 0 heterocycles. The van der Waals surface area contributed by atoms with E-state index in [-0.39, 0.29) is 11.7 Å². The zero-order valence-electron chi connectivity index (χ0n) is 18.7. The standard InChI is InChI=1S/C24H23Br2N3O5S/c1-2-32-11-12-33-19-6-4-3-5-18(19)23(31)27-24(35)29-28-21(30)14-34-20-10-7-15-13-16(25)8-9-17(15)22(20)26/h3-10,13H,2,11-12,14H2,1H3,(H,28,30)(H2,27,29,31,35). The monoisotopic (exact) mass is 623 g/mol. The van der Waals surface area contributed by atoms with E-state index in [1.807, 2.05) is 31.2 Å². The summed E-state index contributed by atoms with van der Waals surface area (Å²) < 4.78 is 18.2. The lowest BCUT2D eigenvalue weighted by Gasteiger charge is -2.14. The second-order valence-electron chi connectivity index (χ2n) is 7.03. The highest BCUT2D eigenvalue weighted by Crippen LogP contribution is 2.34. The minimum absolute atomic E-state index is 0.0788. The third-order valence-electron chi connectivity index (χ3n) is 4.60. The number of hydrogen-bond acceptors (Lipinski definition) is 6. The number of hydrogen-bond donors (Lipinski definition) is 3. The fraction of sp³-hybridized carbons (Fsp3) is 0.208. The highest BCUT2D eigenvalue weighted by molar-refractivity contribution is 9.11. The average Bonchev–Trinajstić information content (AvgIpc) is 2.85. The predicted octanol–water partition coefficient (Wildman–Crippen LogP) is 4.49. The number of fused-ring (bicyclic) bond motifs is 1. The van der Waals surface area contributed by atoms with Gasteiger partial charge >= 0.3 is 0 Å². The van der Waals surface area contributed by atoms with Crippen LogP contribution < -0.4 is 25.6 Å². The molecule has 0 aliphatic carbocycles. The van der Waals surface area contributed by atoms with Gasteiger partial charge in [-0.05, 0) is 76.2 Å². The van der Waals surface area contributed by atoms with Gasteiger partial charge in [-0.1, -0.05) is 40.2 Å². The van der Waals surface area contributed by atoms with Gasteiger partial charge in [0.05, 0.1) is 16.6 Å². The van der Waals surface area contributed by atoms with Crippen molar-refractivity contribution in [3.63, 3.8) is 0 Å². The second kappa shape index (κ2) is 13.4. The van der Waals surface area contributed by atoms with Crippen molar-refractivity contribution in [2.75, 3.05) is 26.4 Å². The van der Waals surface area contributed by atoms with Crippen LogP contribution in [0.1, 0.15) is 17.3 Å². The van der Waals surface area contributed by atoms with Crippen molar-refractivity contribution in [2.24, 2.45) is 0 Å². The second-order valence-corrected chi connectivity index (χ2v) is 9.15. The fourth-order valence-electron chi connectivity index (χ4n) is 3.00. The quantitative estimate of drug-likeness (QED) is 0.183. The zero-order valence-corrected chi connectivity index (χ0v) is 22.7. The molecular weight excluding hydrogens is 602 g/mol. The number of ether oxygens (including phenoxy) is 3. The number of benzene rings is 3. The van der Waals surface area contributed by atoms with Crippen LogP contribution >= 0.6 is 44.1 Å². The minimum Gasteiger partial charge on any atom is -0.490 e. The lowest BCUT2D eigenvalue weighted by Crippen LogP contribution is -2.49. The van der Waals surface area contributed by atoms with Crippen molar-refractivity contribution in [2.45, 2.75) is 6.92 Å². The molecule has 0 radical (unpaired) electrons. The SMILES string of the molecule is CCOCCOc1ccccc1C(=O)NC(=S)NNC(=O)COc1ccc2cc(Br)ccc2c1Br. The smallest absolute Gasteiger partial charge is 0.276 e. The van der Waals surface area contributed by atoms with Gasteiger partial charge in [0.15, 0.2) is 11.7 Å². The van der Waals surface area contributed by atoms with E-state index >= 15 is 0 Å². The molecule has 0 saturated heterocycles. The summed E-state index contributed by atoms with van der Waals surface area (Å²) in [6.07, 6.45) is 0. The van der Waals surface area contributed by atoms with E-state index in [0.717, 1.165) is 19.7 Å². The fourth-order valence-corrected chi connectivity index (χ4v) is 4.13. The van der Waals surface area contributed by atoms with Crippen LogP contribution in [0.3, 0.4) is 0 Å². The lowest BCUT2D eigenvalue weighted by atomic mass is 10.1. The number of hydrazine groups is 1. The van der Waals surface area contributed by atoms with Crippen molar-refractivity contribution >= 4 is 71.8 Å². The third kappa shape index (κ3) is 7.89. The molecule has 3 aromatic rings. The molecule has 184 valence electrons. The van der Waals surface area contributed by atoms with E-state index in [0.29, 0.717) is 36.9 Å². The molecule has 0 unspecified atom stereocenters. The summed E-state index contributed by atoms with van der Waals surface area (Å²) in [4.78, 5) is 24.8. The number of carbonyl (C=O) groups excluding carboxylic acids is 2. The molecule has 0 fully saturated rings. The first-order chi connectivity index (χ1) is 16.9. The first-order valence-electron chi connectivity index (χ1n) is 10.6. The maximum absolute atomic E-state index is 12.6. The van der Waals surface area contributed by atoms with E-state index in [4.69, 9.17) is 26.4 Å². The van der Waals surface area contributed by atoms with E-state index in [1.165, 1.54) is 0 Å². The number of thiocarbonyl (C=S) groups is 1. The number of para-hydroxylation sites is 1. The zero-order chi connectivity index (χ0) is 25.2. The summed E-state index contributed by atoms with van der Waals surface area (Å²) in [6.45, 7) is 2.93. The molecule has 3 aromatic carbocycles. The predicted molar refractivity (Wildman–Crippen MR) is 145 cm³/mol. The molecule has 0 atom stereocenters. The number of carbonyl (C=O) groups is 2. The van der Waals surface area contributed by atoms with E-state index in [1.54, 1.807) is 30.3 Å². The van der Waals surface area contributed by atoms with Gasteiger partial charge in [0.2, 0.25) is 0 Å². The Balaban J connectivity index is 1.47. The Bertz CT molecular complexity index is 1220. The Kier molecular flexibility index (Phi) is 10.3. The summed E-state index contributed by atoms with van der Waals surface area (Å²) in [6, 6.07) is 16.3. The van der Waals surface area contributed by atoms with Crippen molar-refractivity contribution in [1.82, 2.24) is 16.2 Å². The highest BCUT2D eigenvalue weighted by Gasteiger charge is 2.14. The molecule has 35 heavy (non-hydrogen) atoms. The molecule has 0 aromatic heterocycles. The van der Waals surface area contributed by atoms with Gasteiger partial charge < -0.3 is 14.2 Å². The first-order valence-corrected chi connectivity index (χ1v) is 12.6. The maximum atomic E-state index is 12.6. The lowest BCUT2D eigenvalue weighted by molar-refractivity contribution is -0.123. The van der Waals surface area contributed by atoms with Gasteiger partial charge in [0.25, 0.3) is 11.8 Å². The summed E-state index contributed by atoms with van der Waals surface area (Å²) in [5.74, 6) is -0.0409. The van der Waals surface area contributed by atoms with Crippen LogP contribution in [0.25, 0.3) is 10.8 Å². The van der Waals surface area contributed by atoms with Gasteiger partial charge in [-0.2, -0.15) is 0 Å².